The molecule has 2 aromatic heterocycles. The molecule has 3 nitrogen and oxygen atoms in total. The number of rotatable bonds is 1. The molecule has 0 saturated carbocycles. The van der Waals surface area contributed by atoms with Gasteiger partial charge in [0.1, 0.15) is 5.52 Å². The van der Waals surface area contributed by atoms with Crippen LogP contribution in [0.15, 0.2) is 18.5 Å². The van der Waals surface area contributed by atoms with E-state index in [9.17, 15) is 0 Å². The Morgan fingerprint density at radius 3 is 2.53 bits per heavy atom. The van der Waals surface area contributed by atoms with Crippen LogP contribution < -0.4 is 0 Å². The lowest BCUT2D eigenvalue weighted by Gasteiger charge is -2.03. The molecule has 2 aromatic rings. The summed E-state index contributed by atoms with van der Waals surface area (Å²) in [6, 6.07) is 1.99. The van der Waals surface area contributed by atoms with E-state index < -0.39 is 0 Å². The fourth-order valence-electron chi connectivity index (χ4n) is 1.51. The fourth-order valence-corrected chi connectivity index (χ4v) is 1.51. The van der Waals surface area contributed by atoms with Gasteiger partial charge in [0.25, 0.3) is 0 Å². The van der Waals surface area contributed by atoms with Gasteiger partial charge in [0.2, 0.25) is 0 Å². The van der Waals surface area contributed by atoms with Crippen LogP contribution in [0, 0.1) is 0 Å². The normalized spacial score (nSPS) is 10.3. The molecule has 0 unspecified atom stereocenters. The zero-order chi connectivity index (χ0) is 11.4. The summed E-state index contributed by atoms with van der Waals surface area (Å²) >= 11 is 0. The Morgan fingerprint density at radius 2 is 1.93 bits per heavy atom. The van der Waals surface area contributed by atoms with Crippen molar-refractivity contribution in [1.29, 1.82) is 0 Å². The summed E-state index contributed by atoms with van der Waals surface area (Å²) in [5.41, 5.74) is 2.11. The maximum atomic E-state index is 4.39. The number of hydrogen-bond acceptors (Lipinski definition) is 2. The van der Waals surface area contributed by atoms with Crippen molar-refractivity contribution in [2.45, 2.75) is 33.6 Å². The van der Waals surface area contributed by atoms with E-state index in [0.29, 0.717) is 5.92 Å². The van der Waals surface area contributed by atoms with Crippen LogP contribution in [0.25, 0.3) is 10.9 Å². The summed E-state index contributed by atoms with van der Waals surface area (Å²) in [4.78, 5) is 4.34. The van der Waals surface area contributed by atoms with Crippen molar-refractivity contribution in [3.05, 3.63) is 24.2 Å². The number of hydrogen-bond donors (Lipinski definition) is 0. The van der Waals surface area contributed by atoms with Crippen molar-refractivity contribution in [3.63, 3.8) is 0 Å². The highest BCUT2D eigenvalue weighted by Gasteiger charge is 2.08. The Hall–Kier alpha value is -1.38. The predicted molar refractivity (Wildman–Crippen MR) is 63.9 cm³/mol. The first-order valence-corrected chi connectivity index (χ1v) is 5.46. The van der Waals surface area contributed by atoms with Crippen molar-refractivity contribution in [1.82, 2.24) is 14.8 Å². The number of fused-ring (bicyclic) bond motifs is 1. The highest BCUT2D eigenvalue weighted by atomic mass is 15.2. The summed E-state index contributed by atoms with van der Waals surface area (Å²) < 4.78 is 1.83. The molecule has 0 aromatic carbocycles. The molecule has 15 heavy (non-hydrogen) atoms. The van der Waals surface area contributed by atoms with E-state index in [-0.39, 0.29) is 0 Å². The summed E-state index contributed by atoms with van der Waals surface area (Å²) in [5.74, 6) is 0.429. The number of aromatic nitrogens is 3. The smallest absolute Gasteiger partial charge is 0.114 e. The Bertz CT molecular complexity index is 429. The molecule has 0 aliphatic carbocycles. The molecule has 0 saturated heterocycles. The van der Waals surface area contributed by atoms with E-state index in [0.717, 1.165) is 11.2 Å². The maximum Gasteiger partial charge on any atom is 0.114 e. The van der Waals surface area contributed by atoms with Crippen LogP contribution in [0.4, 0.5) is 0 Å². The van der Waals surface area contributed by atoms with Gasteiger partial charge in [-0.25, -0.2) is 0 Å². The molecule has 2 heterocycles. The van der Waals surface area contributed by atoms with Gasteiger partial charge in [-0.2, -0.15) is 5.10 Å². The largest absolute Gasteiger partial charge is 0.275 e. The monoisotopic (exact) mass is 205 g/mol. The van der Waals surface area contributed by atoms with Crippen LogP contribution >= 0.6 is 0 Å². The molecule has 0 aliphatic rings. The highest BCUT2D eigenvalue weighted by Crippen LogP contribution is 2.20. The first-order chi connectivity index (χ1) is 7.18. The van der Waals surface area contributed by atoms with Gasteiger partial charge in [0, 0.05) is 24.8 Å². The molecule has 2 rings (SSSR count). The Labute approximate surface area is 91.1 Å². The third-order valence-corrected chi connectivity index (χ3v) is 2.11. The minimum atomic E-state index is 0.429. The highest BCUT2D eigenvalue weighted by molar-refractivity contribution is 5.80. The molecule has 0 amide bonds. The van der Waals surface area contributed by atoms with Gasteiger partial charge in [-0.1, -0.05) is 27.7 Å². The zero-order valence-corrected chi connectivity index (χ0v) is 10.2. The van der Waals surface area contributed by atoms with E-state index >= 15 is 0 Å². The molecule has 0 atom stereocenters. The van der Waals surface area contributed by atoms with Gasteiger partial charge in [-0.05, 0) is 12.0 Å². The summed E-state index contributed by atoms with van der Waals surface area (Å²) in [5, 5.41) is 5.56. The molecule has 0 radical (unpaired) electrons. The minimum absolute atomic E-state index is 0.429. The van der Waals surface area contributed by atoms with Crippen molar-refractivity contribution in [2.75, 3.05) is 0 Å². The number of nitrogens with zero attached hydrogens (tertiary/aromatic N) is 3. The van der Waals surface area contributed by atoms with Crippen LogP contribution in [0.5, 0.6) is 0 Å². The predicted octanol–water partition coefficient (Wildman–Crippen LogP) is 3.12. The van der Waals surface area contributed by atoms with Gasteiger partial charge in [-0.15, -0.1) is 0 Å². The summed E-state index contributed by atoms with van der Waals surface area (Å²) in [6.45, 7) is 8.27. The molecule has 3 heteroatoms. The fraction of sp³-hybridized carbons (Fsp3) is 0.500. The standard InChI is InChI=1S/C10H13N3.C2H6/c1-7(2)9-10-8(4-5-11-9)6-13(3)12-10;1-2/h4-7H,1-3H3;1-2H3. The van der Waals surface area contributed by atoms with Crippen molar-refractivity contribution in [2.24, 2.45) is 7.05 Å². The molecule has 0 fully saturated rings. The van der Waals surface area contributed by atoms with E-state index in [1.165, 1.54) is 5.39 Å². The molecular formula is C12H19N3. The zero-order valence-electron chi connectivity index (χ0n) is 10.2. The maximum absolute atomic E-state index is 4.39. The van der Waals surface area contributed by atoms with E-state index in [1.807, 2.05) is 44.0 Å². The Balaban J connectivity index is 0.000000531. The van der Waals surface area contributed by atoms with Crippen LogP contribution in [0.2, 0.25) is 0 Å². The Morgan fingerprint density at radius 1 is 1.27 bits per heavy atom. The third kappa shape index (κ3) is 2.35. The average Bonchev–Trinajstić information content (AvgIpc) is 2.60. The van der Waals surface area contributed by atoms with Gasteiger partial charge in [0.15, 0.2) is 0 Å². The summed E-state index contributed by atoms with van der Waals surface area (Å²) in [7, 11) is 1.93. The van der Waals surface area contributed by atoms with Crippen molar-refractivity contribution >= 4 is 10.9 Å². The van der Waals surface area contributed by atoms with E-state index in [2.05, 4.69) is 23.9 Å². The summed E-state index contributed by atoms with van der Waals surface area (Å²) in [6.07, 6.45) is 3.86. The van der Waals surface area contributed by atoms with Crippen LogP contribution in [0.3, 0.4) is 0 Å². The lowest BCUT2D eigenvalue weighted by atomic mass is 10.1. The van der Waals surface area contributed by atoms with Gasteiger partial charge < -0.3 is 0 Å². The number of pyridine rings is 1. The first-order valence-electron chi connectivity index (χ1n) is 5.46. The topological polar surface area (TPSA) is 30.7 Å². The molecule has 0 spiro atoms. The van der Waals surface area contributed by atoms with Gasteiger partial charge in [0.05, 0.1) is 5.69 Å². The number of aryl methyl sites for hydroxylation is 1. The van der Waals surface area contributed by atoms with Crippen LogP contribution in [0.1, 0.15) is 39.3 Å². The quantitative estimate of drug-likeness (QED) is 0.716. The molecular weight excluding hydrogens is 186 g/mol. The average molecular weight is 205 g/mol. The Kier molecular flexibility index (Phi) is 3.83. The lowest BCUT2D eigenvalue weighted by molar-refractivity contribution is 0.768. The lowest BCUT2D eigenvalue weighted by Crippen LogP contribution is -1.94. The first kappa shape index (κ1) is 11.7. The third-order valence-electron chi connectivity index (χ3n) is 2.11. The molecule has 0 bridgehead atoms. The van der Waals surface area contributed by atoms with Crippen molar-refractivity contribution in [3.8, 4) is 0 Å². The van der Waals surface area contributed by atoms with Crippen LogP contribution in [-0.4, -0.2) is 14.8 Å². The molecule has 0 aliphatic heterocycles. The minimum Gasteiger partial charge on any atom is -0.275 e. The van der Waals surface area contributed by atoms with E-state index in [1.54, 1.807) is 0 Å². The second kappa shape index (κ2) is 4.91. The molecule has 0 N–H and O–H groups in total. The van der Waals surface area contributed by atoms with E-state index in [4.69, 9.17) is 0 Å². The van der Waals surface area contributed by atoms with Crippen LogP contribution in [-0.2, 0) is 7.05 Å². The molecule has 82 valence electrons. The van der Waals surface area contributed by atoms with Gasteiger partial charge in [-0.3, -0.25) is 9.67 Å². The second-order valence-electron chi connectivity index (χ2n) is 3.59. The van der Waals surface area contributed by atoms with Crippen molar-refractivity contribution < 1.29 is 0 Å². The SMILES string of the molecule is CC.CC(C)c1nccc2cn(C)nc12. The second-order valence-corrected chi connectivity index (χ2v) is 3.59. The van der Waals surface area contributed by atoms with Gasteiger partial charge >= 0.3 is 0 Å².